The molecule has 0 heterocycles. The fourth-order valence-corrected chi connectivity index (χ4v) is 8.60. The minimum atomic E-state index is -0.786. The number of rotatable bonds is 57. The van der Waals surface area contributed by atoms with Gasteiger partial charge in [-0.05, 0) is 122 Å². The Morgan fingerprint density at radius 2 is 0.513 bits per heavy atom. The highest BCUT2D eigenvalue weighted by molar-refractivity contribution is 5.70. The lowest BCUT2D eigenvalue weighted by atomic mass is 10.0. The maximum atomic E-state index is 12.3. The van der Waals surface area contributed by atoms with Crippen LogP contribution in [-0.4, -0.2) is 36.4 Å². The molecule has 0 spiro atoms. The zero-order valence-corrected chi connectivity index (χ0v) is 50.4. The minimum Gasteiger partial charge on any atom is -0.462 e. The summed E-state index contributed by atoms with van der Waals surface area (Å²) >= 11 is 0. The molecule has 0 aliphatic carbocycles. The molecule has 0 saturated carbocycles. The lowest BCUT2D eigenvalue weighted by Gasteiger charge is -2.15. The van der Waals surface area contributed by atoms with Crippen molar-refractivity contribution in [3.05, 3.63) is 158 Å². The quantitative estimate of drug-likeness (QED) is 0.0373. The van der Waals surface area contributed by atoms with Crippen LogP contribution in [0.1, 0.15) is 271 Å². The van der Waals surface area contributed by atoms with Crippen molar-refractivity contribution in [2.75, 3.05) is 13.2 Å². The number of carbonyl (C=O) groups is 2. The van der Waals surface area contributed by atoms with Gasteiger partial charge in [-0.1, -0.05) is 294 Å². The van der Waals surface area contributed by atoms with Gasteiger partial charge in [-0.2, -0.15) is 0 Å². The van der Waals surface area contributed by atoms with Gasteiger partial charge in [0.05, 0.1) is 6.61 Å². The van der Waals surface area contributed by atoms with E-state index < -0.39 is 6.10 Å². The predicted molar refractivity (Wildman–Crippen MR) is 343 cm³/mol. The second kappa shape index (κ2) is 66.8. The number of unbranched alkanes of at least 4 members (excludes halogenated alkanes) is 23. The van der Waals surface area contributed by atoms with Crippen LogP contribution in [0.3, 0.4) is 0 Å². The molecule has 440 valence electrons. The highest BCUT2D eigenvalue weighted by Gasteiger charge is 2.16. The van der Waals surface area contributed by atoms with E-state index in [9.17, 15) is 14.7 Å². The number of hydrogen-bond donors (Lipinski definition) is 1. The lowest BCUT2D eigenvalue weighted by Crippen LogP contribution is -2.28. The molecule has 1 N–H and O–H groups in total. The summed E-state index contributed by atoms with van der Waals surface area (Å²) in [5.74, 6) is -0.602. The van der Waals surface area contributed by atoms with Gasteiger partial charge < -0.3 is 14.6 Å². The van der Waals surface area contributed by atoms with Crippen LogP contribution in [0.15, 0.2) is 158 Å². The van der Waals surface area contributed by atoms with Crippen molar-refractivity contribution in [3.63, 3.8) is 0 Å². The van der Waals surface area contributed by atoms with Crippen molar-refractivity contribution in [2.24, 2.45) is 0 Å². The molecule has 0 fully saturated rings. The molecule has 0 bridgehead atoms. The fraction of sp³-hybridized carbons (Fsp3) is 0.616. The van der Waals surface area contributed by atoms with E-state index in [1.807, 2.05) is 0 Å². The second-order valence-corrected chi connectivity index (χ2v) is 20.7. The minimum absolute atomic E-state index is 0.0766. The number of aliphatic hydroxyl groups is 1. The van der Waals surface area contributed by atoms with Crippen LogP contribution in [0, 0.1) is 0 Å². The van der Waals surface area contributed by atoms with Crippen LogP contribution in [0.25, 0.3) is 0 Å². The van der Waals surface area contributed by atoms with E-state index in [-0.39, 0.29) is 25.2 Å². The van der Waals surface area contributed by atoms with Crippen molar-refractivity contribution in [1.82, 2.24) is 0 Å². The topological polar surface area (TPSA) is 72.8 Å². The first-order valence-corrected chi connectivity index (χ1v) is 32.0. The predicted octanol–water partition coefficient (Wildman–Crippen LogP) is 22.3. The first-order chi connectivity index (χ1) is 38.6. The third kappa shape index (κ3) is 64.0. The first kappa shape index (κ1) is 73.5. The van der Waals surface area contributed by atoms with Gasteiger partial charge in [0.1, 0.15) is 6.61 Å². The van der Waals surface area contributed by atoms with E-state index in [4.69, 9.17) is 9.47 Å². The average molecular weight is 1080 g/mol. The molecule has 78 heavy (non-hydrogen) atoms. The smallest absolute Gasteiger partial charge is 0.306 e. The molecule has 0 aliphatic heterocycles. The number of ether oxygens (including phenoxy) is 2. The largest absolute Gasteiger partial charge is 0.462 e. The summed E-state index contributed by atoms with van der Waals surface area (Å²) in [6.07, 6.45) is 102. The van der Waals surface area contributed by atoms with Crippen LogP contribution in [0.2, 0.25) is 0 Å². The summed E-state index contributed by atoms with van der Waals surface area (Å²) in [5, 5.41) is 9.68. The Bertz CT molecular complexity index is 1690. The Kier molecular flexibility index (Phi) is 63.0. The van der Waals surface area contributed by atoms with Gasteiger partial charge in [-0.3, -0.25) is 9.59 Å². The summed E-state index contributed by atoms with van der Waals surface area (Å²) in [6, 6.07) is 0. The van der Waals surface area contributed by atoms with E-state index in [1.165, 1.54) is 122 Å². The molecule has 5 heteroatoms. The van der Waals surface area contributed by atoms with E-state index in [0.717, 1.165) is 122 Å². The van der Waals surface area contributed by atoms with E-state index in [0.29, 0.717) is 12.8 Å². The van der Waals surface area contributed by atoms with Crippen LogP contribution < -0.4 is 0 Å². The van der Waals surface area contributed by atoms with Crippen LogP contribution in [0.4, 0.5) is 0 Å². The Morgan fingerprint density at radius 3 is 0.769 bits per heavy atom. The molecule has 0 aromatic carbocycles. The second-order valence-electron chi connectivity index (χ2n) is 20.7. The molecule has 0 aliphatic rings. The lowest BCUT2D eigenvalue weighted by molar-refractivity contribution is -0.161. The van der Waals surface area contributed by atoms with Gasteiger partial charge in [0.25, 0.3) is 0 Å². The van der Waals surface area contributed by atoms with Crippen LogP contribution in [-0.2, 0) is 19.1 Å². The molecule has 1 unspecified atom stereocenters. The van der Waals surface area contributed by atoms with Crippen molar-refractivity contribution >= 4 is 11.9 Å². The number of hydrogen-bond acceptors (Lipinski definition) is 5. The maximum absolute atomic E-state index is 12.3. The number of esters is 2. The number of aliphatic hydroxyl groups excluding tert-OH is 1. The molecule has 0 rings (SSSR count). The van der Waals surface area contributed by atoms with Crippen LogP contribution in [0.5, 0.6) is 0 Å². The summed E-state index contributed by atoms with van der Waals surface area (Å²) in [5.41, 5.74) is 0. The molecule has 0 aromatic rings. The fourth-order valence-electron chi connectivity index (χ4n) is 8.60. The van der Waals surface area contributed by atoms with Gasteiger partial charge in [-0.15, -0.1) is 0 Å². The van der Waals surface area contributed by atoms with E-state index in [2.05, 4.69) is 172 Å². The van der Waals surface area contributed by atoms with Gasteiger partial charge >= 0.3 is 11.9 Å². The van der Waals surface area contributed by atoms with Crippen molar-refractivity contribution in [2.45, 2.75) is 277 Å². The molecular weight excluding hydrogens is 957 g/mol. The van der Waals surface area contributed by atoms with E-state index in [1.54, 1.807) is 0 Å². The highest BCUT2D eigenvalue weighted by Crippen LogP contribution is 2.16. The monoisotopic (exact) mass is 1070 g/mol. The normalized spacial score (nSPS) is 13.3. The van der Waals surface area contributed by atoms with Crippen LogP contribution >= 0.6 is 0 Å². The third-order valence-electron chi connectivity index (χ3n) is 13.3. The maximum Gasteiger partial charge on any atom is 0.306 e. The zero-order valence-electron chi connectivity index (χ0n) is 50.4. The summed E-state index contributed by atoms with van der Waals surface area (Å²) < 4.78 is 10.7. The molecule has 1 atom stereocenters. The summed E-state index contributed by atoms with van der Waals surface area (Å²) in [6.45, 7) is 3.91. The zero-order chi connectivity index (χ0) is 56.2. The van der Waals surface area contributed by atoms with Crippen molar-refractivity contribution < 1.29 is 24.2 Å². The Labute approximate surface area is 481 Å². The SMILES string of the molecule is CC/C=C\C/C=C\C/C=C\C/C=C\C/C=C\C/C=C\C/C=C\C/C=C\CCCCCCCCCCCCCCCCC(=O)OC(CO)COC(=O)CCCCCCCCCCC/C=C\C/C=C\C/C=C\C/C=C\C/C=C\CC. The molecule has 0 aromatic heterocycles. The highest BCUT2D eigenvalue weighted by atomic mass is 16.6. The summed E-state index contributed by atoms with van der Waals surface area (Å²) in [4.78, 5) is 24.6. The standard InChI is InChI=1S/C73H118O5/c1-3-5-7-9-11-13-15-17-19-21-23-25-27-29-30-31-32-33-34-35-36-37-38-39-40-41-42-44-46-48-50-52-54-56-58-60-62-64-66-68-73(76)78-71(69-74)70-77-72(75)67-65-63-61-59-57-55-53-51-49-47-45-43-28-26-24-22-20-18-16-14-12-10-8-6-4-2/h5-8,11-14,17-20,23-26,29-30,32-33,35-36,38-39,43,45,71,74H,3-4,9-10,15-16,21-22,27-28,31,34,37,40-42,44,46-70H2,1-2H3/b7-5-,8-6-,13-11-,14-12-,19-17-,20-18-,25-23-,26-24-,30-29-,33-32-,36-35-,39-38-,45-43-. The average Bonchev–Trinajstić information content (AvgIpc) is 3.44. The Balaban J connectivity index is 3.54. The first-order valence-electron chi connectivity index (χ1n) is 32.0. The van der Waals surface area contributed by atoms with Crippen molar-refractivity contribution in [1.29, 1.82) is 0 Å². The van der Waals surface area contributed by atoms with Crippen molar-refractivity contribution in [3.8, 4) is 0 Å². The third-order valence-corrected chi connectivity index (χ3v) is 13.3. The number of carbonyl (C=O) groups excluding carboxylic acids is 2. The molecule has 0 amide bonds. The summed E-state index contributed by atoms with van der Waals surface area (Å²) in [7, 11) is 0. The molecule has 0 radical (unpaired) electrons. The Morgan fingerprint density at radius 1 is 0.295 bits per heavy atom. The number of allylic oxidation sites excluding steroid dienone is 26. The van der Waals surface area contributed by atoms with Gasteiger partial charge in [0.2, 0.25) is 0 Å². The molecule has 0 saturated heterocycles. The molecular formula is C73H118O5. The molecule has 5 nitrogen and oxygen atoms in total. The van der Waals surface area contributed by atoms with E-state index >= 15 is 0 Å². The Hall–Kier alpha value is -4.48. The van der Waals surface area contributed by atoms with Gasteiger partial charge in [-0.25, -0.2) is 0 Å². The van der Waals surface area contributed by atoms with Gasteiger partial charge in [0.15, 0.2) is 6.10 Å². The van der Waals surface area contributed by atoms with Gasteiger partial charge in [0, 0.05) is 12.8 Å².